The minimum absolute atomic E-state index is 0.0719. The van der Waals surface area contributed by atoms with Crippen molar-refractivity contribution in [2.75, 3.05) is 6.61 Å². The van der Waals surface area contributed by atoms with E-state index in [0.717, 1.165) is 16.9 Å². The maximum absolute atomic E-state index is 11.4. The number of hydrogen-bond acceptors (Lipinski definition) is 2. The lowest BCUT2D eigenvalue weighted by molar-refractivity contribution is -0.123. The Labute approximate surface area is 96.8 Å². The van der Waals surface area contributed by atoms with Crippen molar-refractivity contribution in [3.8, 4) is 5.75 Å². The molecule has 0 heterocycles. The van der Waals surface area contributed by atoms with Gasteiger partial charge >= 0.3 is 0 Å². The van der Waals surface area contributed by atoms with Crippen molar-refractivity contribution in [1.29, 1.82) is 0 Å². The summed E-state index contributed by atoms with van der Waals surface area (Å²) < 4.78 is 5.47. The van der Waals surface area contributed by atoms with E-state index in [-0.39, 0.29) is 18.6 Å². The zero-order valence-electron chi connectivity index (χ0n) is 10.3. The normalized spacial score (nSPS) is 10.3. The van der Waals surface area contributed by atoms with Gasteiger partial charge in [0, 0.05) is 6.04 Å². The molecule has 0 atom stereocenters. The van der Waals surface area contributed by atoms with Gasteiger partial charge in [-0.1, -0.05) is 12.1 Å². The molecule has 0 saturated heterocycles. The van der Waals surface area contributed by atoms with E-state index in [0.29, 0.717) is 0 Å². The molecule has 1 aromatic rings. The summed E-state index contributed by atoms with van der Waals surface area (Å²) in [5.74, 6) is 0.690. The number of carbonyl (C=O) groups is 1. The van der Waals surface area contributed by atoms with Gasteiger partial charge in [-0.25, -0.2) is 0 Å². The van der Waals surface area contributed by atoms with Crippen LogP contribution < -0.4 is 10.1 Å². The molecule has 1 rings (SSSR count). The lowest BCUT2D eigenvalue weighted by Gasteiger charge is -2.11. The van der Waals surface area contributed by atoms with E-state index in [1.807, 2.05) is 45.9 Å². The lowest BCUT2D eigenvalue weighted by atomic mass is 10.1. The van der Waals surface area contributed by atoms with Gasteiger partial charge in [0.1, 0.15) is 5.75 Å². The first-order valence-electron chi connectivity index (χ1n) is 5.48. The number of ether oxygens (including phenoxy) is 1. The van der Waals surface area contributed by atoms with Gasteiger partial charge in [0.05, 0.1) is 0 Å². The van der Waals surface area contributed by atoms with Crippen LogP contribution in [-0.2, 0) is 4.79 Å². The van der Waals surface area contributed by atoms with Crippen LogP contribution in [-0.4, -0.2) is 18.6 Å². The molecule has 1 amide bonds. The Morgan fingerprint density at radius 1 is 1.38 bits per heavy atom. The highest BCUT2D eigenvalue weighted by Crippen LogP contribution is 2.18. The van der Waals surface area contributed by atoms with E-state index in [4.69, 9.17) is 4.74 Å². The number of rotatable bonds is 4. The van der Waals surface area contributed by atoms with Gasteiger partial charge in [0.15, 0.2) is 6.61 Å². The Morgan fingerprint density at radius 3 is 2.69 bits per heavy atom. The number of carbonyl (C=O) groups excluding carboxylic acids is 1. The molecule has 0 aromatic heterocycles. The van der Waals surface area contributed by atoms with Crippen molar-refractivity contribution in [2.24, 2.45) is 0 Å². The number of amides is 1. The first kappa shape index (κ1) is 12.6. The first-order chi connectivity index (χ1) is 7.49. The van der Waals surface area contributed by atoms with E-state index < -0.39 is 0 Å². The number of nitrogens with one attached hydrogen (secondary N) is 1. The van der Waals surface area contributed by atoms with E-state index in [1.54, 1.807) is 0 Å². The Kier molecular flexibility index (Phi) is 4.35. The monoisotopic (exact) mass is 221 g/mol. The van der Waals surface area contributed by atoms with Gasteiger partial charge in [-0.2, -0.15) is 0 Å². The zero-order valence-corrected chi connectivity index (χ0v) is 10.3. The number of hydrogen-bond donors (Lipinski definition) is 1. The van der Waals surface area contributed by atoms with E-state index in [1.165, 1.54) is 0 Å². The fourth-order valence-corrected chi connectivity index (χ4v) is 1.37. The molecule has 0 fully saturated rings. The molecule has 1 aromatic carbocycles. The average Bonchev–Trinajstić information content (AvgIpc) is 2.18. The van der Waals surface area contributed by atoms with Gasteiger partial charge in [-0.15, -0.1) is 0 Å². The van der Waals surface area contributed by atoms with Gasteiger partial charge in [0.2, 0.25) is 0 Å². The van der Waals surface area contributed by atoms with Crippen molar-refractivity contribution >= 4 is 5.91 Å². The summed E-state index contributed by atoms with van der Waals surface area (Å²) >= 11 is 0. The zero-order chi connectivity index (χ0) is 12.1. The molecule has 0 unspecified atom stereocenters. The molecule has 3 heteroatoms. The minimum Gasteiger partial charge on any atom is -0.483 e. The highest BCUT2D eigenvalue weighted by molar-refractivity contribution is 5.77. The number of benzene rings is 1. The minimum atomic E-state index is -0.0871. The Bertz CT molecular complexity index is 372. The second-order valence-electron chi connectivity index (χ2n) is 4.28. The summed E-state index contributed by atoms with van der Waals surface area (Å²) in [6, 6.07) is 6.11. The van der Waals surface area contributed by atoms with Crippen molar-refractivity contribution < 1.29 is 9.53 Å². The lowest BCUT2D eigenvalue weighted by Crippen LogP contribution is -2.34. The SMILES string of the molecule is Cc1ccc(C)c(OCC(=O)NC(C)C)c1. The van der Waals surface area contributed by atoms with Gasteiger partial charge in [0.25, 0.3) is 5.91 Å². The molecule has 3 nitrogen and oxygen atoms in total. The maximum atomic E-state index is 11.4. The largest absolute Gasteiger partial charge is 0.483 e. The van der Waals surface area contributed by atoms with Crippen molar-refractivity contribution in [2.45, 2.75) is 33.7 Å². The van der Waals surface area contributed by atoms with Crippen LogP contribution in [0.2, 0.25) is 0 Å². The van der Waals surface area contributed by atoms with Crippen molar-refractivity contribution in [3.63, 3.8) is 0 Å². The molecule has 88 valence electrons. The smallest absolute Gasteiger partial charge is 0.258 e. The summed E-state index contributed by atoms with van der Waals surface area (Å²) in [4.78, 5) is 11.4. The van der Waals surface area contributed by atoms with Crippen LogP contribution in [0.3, 0.4) is 0 Å². The Hall–Kier alpha value is -1.51. The van der Waals surface area contributed by atoms with Gasteiger partial charge in [-0.05, 0) is 44.9 Å². The van der Waals surface area contributed by atoms with E-state index >= 15 is 0 Å². The fraction of sp³-hybridized carbons (Fsp3) is 0.462. The van der Waals surface area contributed by atoms with Crippen LogP contribution in [0.5, 0.6) is 5.75 Å². The van der Waals surface area contributed by atoms with Crippen LogP contribution >= 0.6 is 0 Å². The van der Waals surface area contributed by atoms with Crippen molar-refractivity contribution in [1.82, 2.24) is 5.32 Å². The third-order valence-electron chi connectivity index (χ3n) is 2.15. The molecule has 0 aliphatic heterocycles. The molecule has 0 aliphatic carbocycles. The Balaban J connectivity index is 2.54. The van der Waals surface area contributed by atoms with Crippen LogP contribution in [0, 0.1) is 13.8 Å². The quantitative estimate of drug-likeness (QED) is 0.846. The predicted molar refractivity (Wildman–Crippen MR) is 64.7 cm³/mol. The first-order valence-corrected chi connectivity index (χ1v) is 5.48. The third-order valence-corrected chi connectivity index (χ3v) is 2.15. The summed E-state index contributed by atoms with van der Waals surface area (Å²) in [5, 5.41) is 2.78. The molecule has 1 N–H and O–H groups in total. The van der Waals surface area contributed by atoms with Gasteiger partial charge < -0.3 is 10.1 Å². The summed E-state index contributed by atoms with van der Waals surface area (Å²) in [7, 11) is 0. The molecule has 0 radical (unpaired) electrons. The Morgan fingerprint density at radius 2 is 2.06 bits per heavy atom. The molecule has 0 spiro atoms. The highest BCUT2D eigenvalue weighted by Gasteiger charge is 2.05. The second kappa shape index (κ2) is 5.54. The molecule has 0 bridgehead atoms. The van der Waals surface area contributed by atoms with Crippen LogP contribution in [0.15, 0.2) is 18.2 Å². The molecular formula is C13H19NO2. The fourth-order valence-electron chi connectivity index (χ4n) is 1.37. The average molecular weight is 221 g/mol. The molecule has 0 aliphatic rings. The highest BCUT2D eigenvalue weighted by atomic mass is 16.5. The van der Waals surface area contributed by atoms with Gasteiger partial charge in [-0.3, -0.25) is 4.79 Å². The topological polar surface area (TPSA) is 38.3 Å². The van der Waals surface area contributed by atoms with E-state index in [9.17, 15) is 4.79 Å². The second-order valence-corrected chi connectivity index (χ2v) is 4.28. The van der Waals surface area contributed by atoms with Crippen LogP contribution in [0.25, 0.3) is 0 Å². The third kappa shape index (κ3) is 3.93. The number of aryl methyl sites for hydroxylation is 2. The van der Waals surface area contributed by atoms with Crippen molar-refractivity contribution in [3.05, 3.63) is 29.3 Å². The predicted octanol–water partition coefficient (Wildman–Crippen LogP) is 2.21. The maximum Gasteiger partial charge on any atom is 0.258 e. The van der Waals surface area contributed by atoms with Crippen LogP contribution in [0.1, 0.15) is 25.0 Å². The summed E-state index contributed by atoms with van der Waals surface area (Å²) in [6.45, 7) is 7.89. The standard InChI is InChI=1S/C13H19NO2/c1-9(2)14-13(15)8-16-12-7-10(3)5-6-11(12)4/h5-7,9H,8H2,1-4H3,(H,14,15). The van der Waals surface area contributed by atoms with Crippen LogP contribution in [0.4, 0.5) is 0 Å². The van der Waals surface area contributed by atoms with E-state index in [2.05, 4.69) is 5.32 Å². The summed E-state index contributed by atoms with van der Waals surface area (Å²) in [5.41, 5.74) is 2.17. The molecule has 16 heavy (non-hydrogen) atoms. The molecule has 0 saturated carbocycles. The molecular weight excluding hydrogens is 202 g/mol. The summed E-state index contributed by atoms with van der Waals surface area (Å²) in [6.07, 6.45) is 0.